The first-order chi connectivity index (χ1) is 8.24. The first kappa shape index (κ1) is 15.0. The van der Waals surface area contributed by atoms with Crippen molar-refractivity contribution in [2.45, 2.75) is 97.1 Å². The molecule has 1 aliphatic rings. The molecule has 0 aromatic rings. The summed E-state index contributed by atoms with van der Waals surface area (Å²) < 4.78 is 0. The van der Waals surface area contributed by atoms with Gasteiger partial charge in [-0.2, -0.15) is 0 Å². The molecule has 1 saturated carbocycles. The van der Waals surface area contributed by atoms with E-state index >= 15 is 0 Å². The van der Waals surface area contributed by atoms with Crippen molar-refractivity contribution in [3.8, 4) is 0 Å². The Kier molecular flexibility index (Phi) is 7.92. The average Bonchev–Trinajstić information content (AvgIpc) is 2.82. The molecule has 1 unspecified atom stereocenters. The number of hydrogen-bond donors (Lipinski definition) is 1. The molecule has 0 amide bonds. The van der Waals surface area contributed by atoms with Crippen LogP contribution < -0.4 is 5.32 Å². The average molecular weight is 239 g/mol. The van der Waals surface area contributed by atoms with Crippen LogP contribution in [-0.4, -0.2) is 12.1 Å². The predicted molar refractivity (Wildman–Crippen MR) is 77.4 cm³/mol. The maximum Gasteiger partial charge on any atom is 0.00694 e. The van der Waals surface area contributed by atoms with Crippen LogP contribution in [0.2, 0.25) is 0 Å². The van der Waals surface area contributed by atoms with Gasteiger partial charge < -0.3 is 5.32 Å². The Morgan fingerprint density at radius 3 is 2.29 bits per heavy atom. The van der Waals surface area contributed by atoms with Crippen LogP contribution in [0.1, 0.15) is 85.0 Å². The summed E-state index contributed by atoms with van der Waals surface area (Å²) in [5.41, 5.74) is 0. The number of nitrogens with one attached hydrogen (secondary N) is 1. The van der Waals surface area contributed by atoms with E-state index in [9.17, 15) is 0 Å². The molecule has 102 valence electrons. The van der Waals surface area contributed by atoms with E-state index in [1.807, 2.05) is 0 Å². The third kappa shape index (κ3) is 6.45. The first-order valence-electron chi connectivity index (χ1n) is 8.00. The molecule has 1 nitrogen and oxygen atoms in total. The Morgan fingerprint density at radius 2 is 1.65 bits per heavy atom. The second-order valence-corrected chi connectivity index (χ2v) is 6.10. The molecular formula is C16H33N. The zero-order valence-electron chi connectivity index (χ0n) is 12.3. The highest BCUT2D eigenvalue weighted by atomic mass is 14.9. The smallest absolute Gasteiger partial charge is 0.00694 e. The van der Waals surface area contributed by atoms with Crippen LogP contribution >= 0.6 is 0 Å². The molecule has 2 atom stereocenters. The molecule has 0 aromatic heterocycles. The minimum Gasteiger partial charge on any atom is -0.312 e. The van der Waals surface area contributed by atoms with Gasteiger partial charge in [-0.25, -0.2) is 0 Å². The highest BCUT2D eigenvalue weighted by molar-refractivity contribution is 4.79. The van der Waals surface area contributed by atoms with E-state index in [2.05, 4.69) is 26.1 Å². The topological polar surface area (TPSA) is 12.0 Å². The molecule has 0 aliphatic heterocycles. The second kappa shape index (κ2) is 8.97. The first-order valence-corrected chi connectivity index (χ1v) is 8.00. The maximum atomic E-state index is 3.81. The lowest BCUT2D eigenvalue weighted by Crippen LogP contribution is -2.38. The Hall–Kier alpha value is -0.0400. The van der Waals surface area contributed by atoms with Crippen LogP contribution in [0.5, 0.6) is 0 Å². The standard InChI is InChI=1S/C16H33N/c1-4-5-6-7-8-11-14(2)17-15(3)16-12-9-10-13-16/h14-17H,4-13H2,1-3H3/t14?,15-/m1/s1. The quantitative estimate of drug-likeness (QED) is 0.564. The minimum absolute atomic E-state index is 0.715. The molecule has 0 bridgehead atoms. The van der Waals surface area contributed by atoms with E-state index in [0.717, 1.165) is 12.0 Å². The fourth-order valence-electron chi connectivity index (χ4n) is 3.18. The van der Waals surface area contributed by atoms with Crippen molar-refractivity contribution in [2.24, 2.45) is 5.92 Å². The third-order valence-corrected chi connectivity index (χ3v) is 4.40. The minimum atomic E-state index is 0.715. The number of unbranched alkanes of at least 4 members (excludes halogenated alkanes) is 4. The highest BCUT2D eigenvalue weighted by Gasteiger charge is 2.22. The third-order valence-electron chi connectivity index (χ3n) is 4.40. The summed E-state index contributed by atoms with van der Waals surface area (Å²) >= 11 is 0. The molecule has 0 radical (unpaired) electrons. The van der Waals surface area contributed by atoms with E-state index < -0.39 is 0 Å². The van der Waals surface area contributed by atoms with Crippen molar-refractivity contribution in [3.05, 3.63) is 0 Å². The van der Waals surface area contributed by atoms with Gasteiger partial charge in [0.15, 0.2) is 0 Å². The molecule has 0 saturated heterocycles. The van der Waals surface area contributed by atoms with E-state index in [4.69, 9.17) is 0 Å². The predicted octanol–water partition coefficient (Wildman–Crippen LogP) is 4.90. The van der Waals surface area contributed by atoms with Gasteiger partial charge in [-0.1, -0.05) is 51.9 Å². The fourth-order valence-corrected chi connectivity index (χ4v) is 3.18. The molecule has 17 heavy (non-hydrogen) atoms. The summed E-state index contributed by atoms with van der Waals surface area (Å²) in [4.78, 5) is 0. The Morgan fingerprint density at radius 1 is 1.00 bits per heavy atom. The van der Waals surface area contributed by atoms with Gasteiger partial charge >= 0.3 is 0 Å². The van der Waals surface area contributed by atoms with Gasteiger partial charge in [0.2, 0.25) is 0 Å². The Bertz CT molecular complexity index is 172. The summed E-state index contributed by atoms with van der Waals surface area (Å²) in [6.07, 6.45) is 14.2. The lowest BCUT2D eigenvalue weighted by atomic mass is 9.98. The van der Waals surface area contributed by atoms with E-state index in [1.54, 1.807) is 0 Å². The van der Waals surface area contributed by atoms with Crippen molar-refractivity contribution in [1.29, 1.82) is 0 Å². The maximum absolute atomic E-state index is 3.81. The molecule has 1 aliphatic carbocycles. The Balaban J connectivity index is 2.01. The second-order valence-electron chi connectivity index (χ2n) is 6.10. The van der Waals surface area contributed by atoms with Gasteiger partial charge in [0.25, 0.3) is 0 Å². The lowest BCUT2D eigenvalue weighted by Gasteiger charge is -2.25. The fraction of sp³-hybridized carbons (Fsp3) is 1.00. The molecule has 1 N–H and O–H groups in total. The van der Waals surface area contributed by atoms with Crippen LogP contribution in [0.4, 0.5) is 0 Å². The van der Waals surface area contributed by atoms with Crippen LogP contribution in [0.3, 0.4) is 0 Å². The largest absolute Gasteiger partial charge is 0.312 e. The summed E-state index contributed by atoms with van der Waals surface area (Å²) in [6.45, 7) is 7.04. The lowest BCUT2D eigenvalue weighted by molar-refractivity contribution is 0.336. The van der Waals surface area contributed by atoms with Crippen molar-refractivity contribution < 1.29 is 0 Å². The molecule has 0 aromatic carbocycles. The van der Waals surface area contributed by atoms with Crippen LogP contribution in [0.25, 0.3) is 0 Å². The normalized spacial score (nSPS) is 20.6. The SMILES string of the molecule is CCCCCCCC(C)N[C@H](C)C1CCCC1. The van der Waals surface area contributed by atoms with Gasteiger partial charge in [0, 0.05) is 12.1 Å². The highest BCUT2D eigenvalue weighted by Crippen LogP contribution is 2.27. The van der Waals surface area contributed by atoms with Crippen LogP contribution in [-0.2, 0) is 0 Å². The van der Waals surface area contributed by atoms with Gasteiger partial charge in [0.05, 0.1) is 0 Å². The van der Waals surface area contributed by atoms with Crippen LogP contribution in [0.15, 0.2) is 0 Å². The monoisotopic (exact) mass is 239 g/mol. The number of hydrogen-bond acceptors (Lipinski definition) is 1. The van der Waals surface area contributed by atoms with Crippen molar-refractivity contribution in [3.63, 3.8) is 0 Å². The summed E-state index contributed by atoms with van der Waals surface area (Å²) in [5.74, 6) is 0.956. The zero-order valence-corrected chi connectivity index (χ0v) is 12.3. The summed E-state index contributed by atoms with van der Waals surface area (Å²) in [5, 5.41) is 3.81. The zero-order chi connectivity index (χ0) is 12.5. The summed E-state index contributed by atoms with van der Waals surface area (Å²) in [6, 6.07) is 1.45. The van der Waals surface area contributed by atoms with Gasteiger partial charge in [0.1, 0.15) is 0 Å². The van der Waals surface area contributed by atoms with E-state index in [-0.39, 0.29) is 0 Å². The molecule has 0 heterocycles. The molecule has 0 spiro atoms. The van der Waals surface area contributed by atoms with Gasteiger partial charge in [-0.15, -0.1) is 0 Å². The molecular weight excluding hydrogens is 206 g/mol. The molecule has 1 fully saturated rings. The Labute approximate surface area is 109 Å². The van der Waals surface area contributed by atoms with Crippen molar-refractivity contribution in [2.75, 3.05) is 0 Å². The molecule has 1 rings (SSSR count). The van der Waals surface area contributed by atoms with E-state index in [1.165, 1.54) is 64.2 Å². The van der Waals surface area contributed by atoms with Gasteiger partial charge in [-0.05, 0) is 39.0 Å². The summed E-state index contributed by atoms with van der Waals surface area (Å²) in [7, 11) is 0. The van der Waals surface area contributed by atoms with Gasteiger partial charge in [-0.3, -0.25) is 0 Å². The van der Waals surface area contributed by atoms with E-state index in [0.29, 0.717) is 6.04 Å². The number of rotatable bonds is 9. The van der Waals surface area contributed by atoms with Crippen molar-refractivity contribution in [1.82, 2.24) is 5.32 Å². The van der Waals surface area contributed by atoms with Crippen molar-refractivity contribution >= 4 is 0 Å². The molecule has 1 heteroatoms. The van der Waals surface area contributed by atoms with Crippen LogP contribution in [0, 0.1) is 5.92 Å².